The molecule has 0 saturated heterocycles. The third-order valence-corrected chi connectivity index (χ3v) is 4.24. The molecule has 0 bridgehead atoms. The molecule has 0 aliphatic carbocycles. The summed E-state index contributed by atoms with van der Waals surface area (Å²) in [6.07, 6.45) is 8.21. The first-order chi connectivity index (χ1) is 11.1. The Kier molecular flexibility index (Phi) is 5.64. The highest BCUT2D eigenvalue weighted by Gasteiger charge is 2.26. The smallest absolute Gasteiger partial charge is 0.0377 e. The van der Waals surface area contributed by atoms with Gasteiger partial charge in [-0.2, -0.15) is 0 Å². The highest BCUT2D eigenvalue weighted by atomic mass is 14.8. The second-order valence-electron chi connectivity index (χ2n) is 6.13. The molecule has 2 aromatic rings. The summed E-state index contributed by atoms with van der Waals surface area (Å²) in [4.78, 5) is 0. The van der Waals surface area contributed by atoms with Crippen LogP contribution in [0.25, 0.3) is 6.08 Å². The number of nitrogens with two attached hydrogens (primary N) is 1. The van der Waals surface area contributed by atoms with Gasteiger partial charge in [0.25, 0.3) is 0 Å². The fourth-order valence-corrected chi connectivity index (χ4v) is 2.92. The zero-order chi connectivity index (χ0) is 16.7. The first-order valence-electron chi connectivity index (χ1n) is 7.99. The van der Waals surface area contributed by atoms with E-state index in [-0.39, 0.29) is 5.41 Å². The van der Waals surface area contributed by atoms with E-state index in [9.17, 15) is 0 Å². The van der Waals surface area contributed by atoms with Crippen molar-refractivity contribution in [3.8, 4) is 0 Å². The van der Waals surface area contributed by atoms with Crippen LogP contribution in [-0.2, 0) is 5.41 Å². The Labute approximate surface area is 139 Å². The van der Waals surface area contributed by atoms with Gasteiger partial charge in [-0.25, -0.2) is 0 Å². The Balaban J connectivity index is 2.30. The Morgan fingerprint density at radius 2 is 1.87 bits per heavy atom. The molecule has 2 heteroatoms. The van der Waals surface area contributed by atoms with Crippen molar-refractivity contribution in [3.63, 3.8) is 0 Å². The van der Waals surface area contributed by atoms with Gasteiger partial charge < -0.3 is 11.1 Å². The first-order valence-corrected chi connectivity index (χ1v) is 7.99. The van der Waals surface area contributed by atoms with Crippen LogP contribution in [0.2, 0.25) is 0 Å². The predicted molar refractivity (Wildman–Crippen MR) is 103 cm³/mol. The van der Waals surface area contributed by atoms with Crippen molar-refractivity contribution in [2.24, 2.45) is 0 Å². The van der Waals surface area contributed by atoms with Crippen LogP contribution in [0, 0.1) is 0 Å². The number of hydrogen-bond donors (Lipinski definition) is 2. The lowest BCUT2D eigenvalue weighted by Crippen LogP contribution is -2.22. The molecule has 2 aromatic carbocycles. The molecule has 23 heavy (non-hydrogen) atoms. The van der Waals surface area contributed by atoms with Crippen LogP contribution in [-0.4, -0.2) is 7.05 Å². The van der Waals surface area contributed by atoms with E-state index in [4.69, 9.17) is 5.73 Å². The molecule has 1 unspecified atom stereocenters. The molecular formula is C21H26N2. The molecule has 2 rings (SSSR count). The van der Waals surface area contributed by atoms with Crippen LogP contribution < -0.4 is 11.1 Å². The van der Waals surface area contributed by atoms with E-state index in [1.54, 1.807) is 0 Å². The van der Waals surface area contributed by atoms with Crippen LogP contribution in [0.1, 0.15) is 30.9 Å². The van der Waals surface area contributed by atoms with Crippen molar-refractivity contribution in [1.82, 2.24) is 0 Å². The summed E-state index contributed by atoms with van der Waals surface area (Å²) in [5, 5.41) is 3.28. The highest BCUT2D eigenvalue weighted by molar-refractivity contribution is 5.61. The highest BCUT2D eigenvalue weighted by Crippen LogP contribution is 2.38. The average Bonchev–Trinajstić information content (AvgIpc) is 2.56. The van der Waals surface area contributed by atoms with Gasteiger partial charge in [0.05, 0.1) is 0 Å². The van der Waals surface area contributed by atoms with E-state index in [0.29, 0.717) is 0 Å². The minimum absolute atomic E-state index is 0.0409. The Morgan fingerprint density at radius 1 is 1.13 bits per heavy atom. The van der Waals surface area contributed by atoms with E-state index in [1.165, 1.54) is 11.1 Å². The van der Waals surface area contributed by atoms with Crippen LogP contribution >= 0.6 is 0 Å². The summed E-state index contributed by atoms with van der Waals surface area (Å²) in [6.45, 7) is 6.20. The van der Waals surface area contributed by atoms with Gasteiger partial charge in [-0.1, -0.05) is 55.5 Å². The topological polar surface area (TPSA) is 38.0 Å². The van der Waals surface area contributed by atoms with Crippen molar-refractivity contribution >= 4 is 17.5 Å². The molecule has 3 N–H and O–H groups in total. The molecule has 0 spiro atoms. The first kappa shape index (κ1) is 16.9. The van der Waals surface area contributed by atoms with Gasteiger partial charge in [0.2, 0.25) is 0 Å². The number of rotatable bonds is 7. The minimum atomic E-state index is -0.0409. The zero-order valence-corrected chi connectivity index (χ0v) is 14.0. The number of hydrogen-bond acceptors (Lipinski definition) is 2. The van der Waals surface area contributed by atoms with E-state index in [2.05, 4.69) is 61.3 Å². The fraction of sp³-hybridized carbons (Fsp3) is 0.238. The average molecular weight is 306 g/mol. The summed E-state index contributed by atoms with van der Waals surface area (Å²) in [5.74, 6) is 0. The lowest BCUT2D eigenvalue weighted by atomic mass is 9.75. The van der Waals surface area contributed by atoms with Gasteiger partial charge >= 0.3 is 0 Å². The van der Waals surface area contributed by atoms with E-state index in [0.717, 1.165) is 24.2 Å². The third-order valence-electron chi connectivity index (χ3n) is 4.24. The van der Waals surface area contributed by atoms with Gasteiger partial charge in [-0.3, -0.25) is 0 Å². The lowest BCUT2D eigenvalue weighted by molar-refractivity contribution is 0.488. The molecule has 0 heterocycles. The summed E-state index contributed by atoms with van der Waals surface area (Å²) in [5.41, 5.74) is 10.3. The lowest BCUT2D eigenvalue weighted by Gasteiger charge is -2.30. The Hall–Kier alpha value is -2.48. The summed E-state index contributed by atoms with van der Waals surface area (Å²) in [6, 6.07) is 16.4. The molecule has 0 saturated carbocycles. The number of benzene rings is 2. The normalized spacial score (nSPS) is 13.7. The third kappa shape index (κ3) is 4.26. The van der Waals surface area contributed by atoms with Crippen molar-refractivity contribution in [3.05, 3.63) is 78.4 Å². The van der Waals surface area contributed by atoms with Gasteiger partial charge in [0.1, 0.15) is 0 Å². The Morgan fingerprint density at radius 3 is 2.52 bits per heavy atom. The zero-order valence-electron chi connectivity index (χ0n) is 14.0. The molecule has 0 aliphatic rings. The van der Waals surface area contributed by atoms with E-state index >= 15 is 0 Å². The standard InChI is InChI=1S/C21H26N2/c1-4-14-21(2,15-8-11-17-9-6-5-7-10-17)19-16-18(22)12-13-20(19)23-3/h4-13,16,23H,1,14-15,22H2,2-3H3/b11-8+. The Bertz CT molecular complexity index is 673. The molecule has 0 aromatic heterocycles. The second kappa shape index (κ2) is 7.68. The predicted octanol–water partition coefficient (Wildman–Crippen LogP) is 5.25. The van der Waals surface area contributed by atoms with Crippen molar-refractivity contribution < 1.29 is 0 Å². The maximum atomic E-state index is 6.02. The van der Waals surface area contributed by atoms with Crippen molar-refractivity contribution in [2.75, 3.05) is 18.1 Å². The molecule has 2 nitrogen and oxygen atoms in total. The summed E-state index contributed by atoms with van der Waals surface area (Å²) < 4.78 is 0. The molecule has 0 amide bonds. The van der Waals surface area contributed by atoms with Crippen LogP contribution in [0.15, 0.2) is 67.3 Å². The fourth-order valence-electron chi connectivity index (χ4n) is 2.92. The largest absolute Gasteiger partial charge is 0.399 e. The van der Waals surface area contributed by atoms with E-state index in [1.807, 2.05) is 31.3 Å². The monoisotopic (exact) mass is 306 g/mol. The van der Waals surface area contributed by atoms with Gasteiger partial charge in [-0.15, -0.1) is 6.58 Å². The van der Waals surface area contributed by atoms with E-state index < -0.39 is 0 Å². The molecule has 0 radical (unpaired) electrons. The number of nitrogen functional groups attached to an aromatic ring is 1. The number of allylic oxidation sites excluding steroid dienone is 2. The van der Waals surface area contributed by atoms with Crippen molar-refractivity contribution in [2.45, 2.75) is 25.2 Å². The number of anilines is 2. The van der Waals surface area contributed by atoms with Crippen LogP contribution in [0.3, 0.4) is 0 Å². The molecule has 1 atom stereocenters. The van der Waals surface area contributed by atoms with Gasteiger partial charge in [0, 0.05) is 23.8 Å². The maximum absolute atomic E-state index is 6.02. The minimum Gasteiger partial charge on any atom is -0.399 e. The van der Waals surface area contributed by atoms with Crippen LogP contribution in [0.4, 0.5) is 11.4 Å². The molecular weight excluding hydrogens is 280 g/mol. The summed E-state index contributed by atoms with van der Waals surface area (Å²) in [7, 11) is 1.95. The SMILES string of the molecule is C=CCC(C)(C/C=C/c1ccccc1)c1cc(N)ccc1NC. The molecule has 120 valence electrons. The maximum Gasteiger partial charge on any atom is 0.0377 e. The van der Waals surface area contributed by atoms with Gasteiger partial charge in [-0.05, 0) is 42.2 Å². The van der Waals surface area contributed by atoms with Crippen LogP contribution in [0.5, 0.6) is 0 Å². The quantitative estimate of drug-likeness (QED) is 0.542. The summed E-state index contributed by atoms with van der Waals surface area (Å²) >= 11 is 0. The van der Waals surface area contributed by atoms with Crippen molar-refractivity contribution in [1.29, 1.82) is 0 Å². The molecule has 0 aliphatic heterocycles. The number of nitrogens with one attached hydrogen (secondary N) is 1. The second-order valence-corrected chi connectivity index (χ2v) is 6.13. The van der Waals surface area contributed by atoms with Gasteiger partial charge in [0.15, 0.2) is 0 Å². The molecule has 0 fully saturated rings.